The van der Waals surface area contributed by atoms with Gasteiger partial charge in [0.05, 0.1) is 13.7 Å². The van der Waals surface area contributed by atoms with Gasteiger partial charge in [-0.2, -0.15) is 0 Å². The van der Waals surface area contributed by atoms with E-state index >= 15 is 0 Å². The minimum absolute atomic E-state index is 0.125. The highest BCUT2D eigenvalue weighted by atomic mass is 32.2. The molecule has 1 amide bonds. The van der Waals surface area contributed by atoms with E-state index < -0.39 is 16.4 Å². The molecule has 0 saturated carbocycles. The molecule has 1 fully saturated rings. The van der Waals surface area contributed by atoms with Crippen molar-refractivity contribution in [3.63, 3.8) is 0 Å². The second kappa shape index (κ2) is 8.07. The first-order chi connectivity index (χ1) is 11.8. The Kier molecular flexibility index (Phi) is 6.31. The van der Waals surface area contributed by atoms with Gasteiger partial charge in [0.1, 0.15) is 10.6 Å². The molecule has 140 valence electrons. The van der Waals surface area contributed by atoms with Crippen LogP contribution in [0.15, 0.2) is 23.1 Å². The number of nitrogens with zero attached hydrogens (tertiary/aromatic N) is 2. The summed E-state index contributed by atoms with van der Waals surface area (Å²) in [4.78, 5) is 15.6. The molecule has 0 unspecified atom stereocenters. The topological polar surface area (TPSA) is 79.0 Å². The summed E-state index contributed by atoms with van der Waals surface area (Å²) in [7, 11) is -1.18. The number of amides is 1. The molecule has 1 aliphatic heterocycles. The summed E-state index contributed by atoms with van der Waals surface area (Å²) in [5.41, 5.74) is 0.205. The fourth-order valence-electron chi connectivity index (χ4n) is 2.64. The van der Waals surface area contributed by atoms with Gasteiger partial charge in [0.2, 0.25) is 10.0 Å². The van der Waals surface area contributed by atoms with Gasteiger partial charge >= 0.3 is 0 Å². The Bertz CT molecular complexity index is 719. The molecule has 1 aromatic carbocycles. The lowest BCUT2D eigenvalue weighted by molar-refractivity contribution is 0.0459. The van der Waals surface area contributed by atoms with Gasteiger partial charge in [0.15, 0.2) is 0 Å². The first kappa shape index (κ1) is 19.5. The van der Waals surface area contributed by atoms with Crippen molar-refractivity contribution in [2.75, 3.05) is 46.9 Å². The van der Waals surface area contributed by atoms with Crippen molar-refractivity contribution < 1.29 is 26.7 Å². The smallest absolute Gasteiger partial charge is 0.253 e. The number of carbonyl (C=O) groups is 1. The number of alkyl halides is 2. The first-order valence-electron chi connectivity index (χ1n) is 7.70. The van der Waals surface area contributed by atoms with Crippen molar-refractivity contribution in [2.45, 2.75) is 11.3 Å². The Hall–Kier alpha value is -1.78. The van der Waals surface area contributed by atoms with Gasteiger partial charge in [-0.05, 0) is 25.2 Å². The average Bonchev–Trinajstić information content (AvgIpc) is 2.60. The summed E-state index contributed by atoms with van der Waals surface area (Å²) >= 11 is 0. The maximum Gasteiger partial charge on any atom is 0.253 e. The molecule has 25 heavy (non-hydrogen) atoms. The number of ether oxygens (including phenoxy) is 1. The molecule has 2 rings (SSSR count). The van der Waals surface area contributed by atoms with Gasteiger partial charge in [0.25, 0.3) is 12.3 Å². The normalized spacial score (nSPS) is 16.3. The van der Waals surface area contributed by atoms with Crippen molar-refractivity contribution in [3.8, 4) is 5.75 Å². The van der Waals surface area contributed by atoms with E-state index in [0.717, 1.165) is 0 Å². The van der Waals surface area contributed by atoms with Crippen molar-refractivity contribution in [2.24, 2.45) is 0 Å². The summed E-state index contributed by atoms with van der Waals surface area (Å²) < 4.78 is 56.2. The zero-order valence-electron chi connectivity index (χ0n) is 14.0. The van der Waals surface area contributed by atoms with E-state index in [1.807, 2.05) is 0 Å². The van der Waals surface area contributed by atoms with Gasteiger partial charge < -0.3 is 9.64 Å². The molecule has 1 saturated heterocycles. The fourth-order valence-corrected chi connectivity index (χ4v) is 3.56. The number of benzene rings is 1. The van der Waals surface area contributed by atoms with E-state index in [1.54, 1.807) is 4.90 Å². The summed E-state index contributed by atoms with van der Waals surface area (Å²) in [6, 6.07) is 4.17. The molecule has 0 bridgehead atoms. The lowest BCUT2D eigenvalue weighted by atomic mass is 10.1. The molecule has 10 heteroatoms. The lowest BCUT2D eigenvalue weighted by Crippen LogP contribution is -2.49. The van der Waals surface area contributed by atoms with E-state index in [-0.39, 0.29) is 28.7 Å². The first-order valence-corrected chi connectivity index (χ1v) is 9.18. The molecular formula is C15H21F2N3O4S. The lowest BCUT2D eigenvalue weighted by Gasteiger charge is -2.34. The highest BCUT2D eigenvalue weighted by Crippen LogP contribution is 2.25. The molecule has 0 spiro atoms. The molecule has 0 radical (unpaired) electrons. The molecule has 1 aromatic rings. The average molecular weight is 377 g/mol. The Morgan fingerprint density at radius 3 is 2.44 bits per heavy atom. The van der Waals surface area contributed by atoms with E-state index in [4.69, 9.17) is 4.74 Å². The molecular weight excluding hydrogens is 356 g/mol. The SMILES string of the molecule is CNS(=O)(=O)c1cc(C(=O)N2CCN(CC(F)F)CC2)ccc1OC. The monoisotopic (exact) mass is 377 g/mol. The molecule has 0 aliphatic carbocycles. The van der Waals surface area contributed by atoms with Crippen LogP contribution in [0.3, 0.4) is 0 Å². The van der Waals surface area contributed by atoms with Crippen LogP contribution >= 0.6 is 0 Å². The number of rotatable bonds is 6. The summed E-state index contributed by atoms with van der Waals surface area (Å²) in [6.45, 7) is 1.02. The number of hydrogen-bond acceptors (Lipinski definition) is 5. The molecule has 1 N–H and O–H groups in total. The van der Waals surface area contributed by atoms with Crippen molar-refractivity contribution in [1.82, 2.24) is 14.5 Å². The highest BCUT2D eigenvalue weighted by Gasteiger charge is 2.26. The number of sulfonamides is 1. The highest BCUT2D eigenvalue weighted by molar-refractivity contribution is 7.89. The zero-order chi connectivity index (χ0) is 18.6. The van der Waals surface area contributed by atoms with Crippen molar-refractivity contribution >= 4 is 15.9 Å². The molecule has 0 atom stereocenters. The van der Waals surface area contributed by atoms with E-state index in [2.05, 4.69) is 4.72 Å². The van der Waals surface area contributed by atoms with Crippen LogP contribution in [0.4, 0.5) is 8.78 Å². The molecule has 1 aliphatic rings. The largest absolute Gasteiger partial charge is 0.495 e. The quantitative estimate of drug-likeness (QED) is 0.787. The van der Waals surface area contributed by atoms with Crippen molar-refractivity contribution in [1.29, 1.82) is 0 Å². The van der Waals surface area contributed by atoms with Gasteiger partial charge in [-0.25, -0.2) is 21.9 Å². The number of carbonyl (C=O) groups excluding carboxylic acids is 1. The minimum atomic E-state index is -3.79. The van der Waals surface area contributed by atoms with Gasteiger partial charge in [0, 0.05) is 31.7 Å². The zero-order valence-corrected chi connectivity index (χ0v) is 14.9. The van der Waals surface area contributed by atoms with Crippen LogP contribution in [-0.4, -0.2) is 77.4 Å². The van der Waals surface area contributed by atoms with Crippen LogP contribution in [0.5, 0.6) is 5.75 Å². The van der Waals surface area contributed by atoms with Crippen LogP contribution < -0.4 is 9.46 Å². The summed E-state index contributed by atoms with van der Waals surface area (Å²) in [5.74, 6) is -0.209. The van der Waals surface area contributed by atoms with Crippen LogP contribution in [0, 0.1) is 0 Å². The molecule has 1 heterocycles. The van der Waals surface area contributed by atoms with E-state index in [1.165, 1.54) is 37.3 Å². The standard InChI is InChI=1S/C15H21F2N3O4S/c1-18-25(22,23)13-9-11(3-4-12(13)24-2)15(21)20-7-5-19(6-8-20)10-14(16)17/h3-4,9,14,18H,5-8,10H2,1-2H3. The van der Waals surface area contributed by atoms with Crippen LogP contribution in [-0.2, 0) is 10.0 Å². The third-order valence-corrected chi connectivity index (χ3v) is 5.46. The van der Waals surface area contributed by atoms with Crippen molar-refractivity contribution in [3.05, 3.63) is 23.8 Å². The molecule has 7 nitrogen and oxygen atoms in total. The van der Waals surface area contributed by atoms with Crippen LogP contribution in [0.25, 0.3) is 0 Å². The number of methoxy groups -OCH3 is 1. The van der Waals surface area contributed by atoms with Gasteiger partial charge in [-0.3, -0.25) is 9.69 Å². The number of piperazine rings is 1. The van der Waals surface area contributed by atoms with E-state index in [0.29, 0.717) is 26.2 Å². The van der Waals surface area contributed by atoms with Crippen LogP contribution in [0.2, 0.25) is 0 Å². The Labute approximate surface area is 145 Å². The predicted molar refractivity (Wildman–Crippen MR) is 87.6 cm³/mol. The van der Waals surface area contributed by atoms with E-state index in [9.17, 15) is 22.0 Å². The number of nitrogens with one attached hydrogen (secondary N) is 1. The number of halogens is 2. The Balaban J connectivity index is 2.17. The third-order valence-electron chi connectivity index (χ3n) is 4.02. The Morgan fingerprint density at radius 1 is 1.28 bits per heavy atom. The fraction of sp³-hybridized carbons (Fsp3) is 0.533. The maximum atomic E-state index is 12.6. The van der Waals surface area contributed by atoms with Crippen LogP contribution in [0.1, 0.15) is 10.4 Å². The maximum absolute atomic E-state index is 12.6. The Morgan fingerprint density at radius 2 is 1.92 bits per heavy atom. The molecule has 0 aromatic heterocycles. The third kappa shape index (κ3) is 4.65. The summed E-state index contributed by atoms with van der Waals surface area (Å²) in [6.07, 6.45) is -2.40. The minimum Gasteiger partial charge on any atom is -0.495 e. The second-order valence-corrected chi connectivity index (χ2v) is 7.41. The number of hydrogen-bond donors (Lipinski definition) is 1. The van der Waals surface area contributed by atoms with Gasteiger partial charge in [-0.1, -0.05) is 0 Å². The summed E-state index contributed by atoms with van der Waals surface area (Å²) in [5, 5.41) is 0. The van der Waals surface area contributed by atoms with Gasteiger partial charge in [-0.15, -0.1) is 0 Å². The predicted octanol–water partition coefficient (Wildman–Crippen LogP) is 0.626. The second-order valence-electron chi connectivity index (χ2n) is 5.56.